The standard InChI is InChI=1S/C20H20N4O4/c25-15-8-13(9-15)19(14-7-12-3-1-2-4-16(12)21-10-14)22-18(27)11-24-6-5-17(26)23-20(24)28/h1-7,10,13,15,19,25H,8-9,11H2,(H,22,27)(H,23,26,28)/t13?,15?,19-/m1/s1. The number of nitrogens with one attached hydrogen (secondary N) is 2. The van der Waals surface area contributed by atoms with Gasteiger partial charge in [-0.05, 0) is 36.5 Å². The second kappa shape index (κ2) is 7.40. The predicted molar refractivity (Wildman–Crippen MR) is 103 cm³/mol. The fourth-order valence-corrected chi connectivity index (χ4v) is 3.58. The molecule has 1 aromatic carbocycles. The first-order chi connectivity index (χ1) is 13.5. The van der Waals surface area contributed by atoms with Gasteiger partial charge in [0.1, 0.15) is 6.54 Å². The van der Waals surface area contributed by atoms with Gasteiger partial charge in [0.15, 0.2) is 0 Å². The van der Waals surface area contributed by atoms with E-state index in [4.69, 9.17) is 0 Å². The second-order valence-corrected chi connectivity index (χ2v) is 7.13. The number of para-hydroxylation sites is 1. The Labute approximate surface area is 159 Å². The van der Waals surface area contributed by atoms with Crippen molar-refractivity contribution in [2.24, 2.45) is 5.92 Å². The van der Waals surface area contributed by atoms with Crippen LogP contribution in [0.25, 0.3) is 10.9 Å². The van der Waals surface area contributed by atoms with Crippen molar-refractivity contribution < 1.29 is 9.90 Å². The van der Waals surface area contributed by atoms with Crippen LogP contribution >= 0.6 is 0 Å². The number of H-pyrrole nitrogens is 1. The largest absolute Gasteiger partial charge is 0.393 e. The van der Waals surface area contributed by atoms with Crippen LogP contribution in [0.15, 0.2) is 58.4 Å². The van der Waals surface area contributed by atoms with Crippen LogP contribution < -0.4 is 16.6 Å². The van der Waals surface area contributed by atoms with Gasteiger partial charge >= 0.3 is 5.69 Å². The highest BCUT2D eigenvalue weighted by molar-refractivity contribution is 5.79. The van der Waals surface area contributed by atoms with Crippen molar-refractivity contribution in [1.29, 1.82) is 0 Å². The summed E-state index contributed by atoms with van der Waals surface area (Å²) in [4.78, 5) is 42.1. The van der Waals surface area contributed by atoms with E-state index in [2.05, 4.69) is 15.3 Å². The first kappa shape index (κ1) is 18.1. The number of benzene rings is 1. The number of pyridine rings is 1. The van der Waals surface area contributed by atoms with E-state index in [1.165, 1.54) is 12.3 Å². The van der Waals surface area contributed by atoms with E-state index in [0.29, 0.717) is 12.8 Å². The number of carbonyl (C=O) groups excluding carboxylic acids is 1. The van der Waals surface area contributed by atoms with Gasteiger partial charge in [-0.3, -0.25) is 24.1 Å². The van der Waals surface area contributed by atoms with Crippen LogP contribution in [0, 0.1) is 5.92 Å². The van der Waals surface area contributed by atoms with Crippen LogP contribution in [0.4, 0.5) is 0 Å². The number of nitrogens with zero attached hydrogens (tertiary/aromatic N) is 2. The molecule has 144 valence electrons. The van der Waals surface area contributed by atoms with E-state index < -0.39 is 11.2 Å². The highest BCUT2D eigenvalue weighted by Gasteiger charge is 2.36. The first-order valence-electron chi connectivity index (χ1n) is 9.11. The van der Waals surface area contributed by atoms with Crippen LogP contribution in [-0.2, 0) is 11.3 Å². The molecule has 0 radical (unpaired) electrons. The summed E-state index contributed by atoms with van der Waals surface area (Å²) in [7, 11) is 0. The number of hydrogen-bond acceptors (Lipinski definition) is 5. The molecule has 1 aliphatic carbocycles. The molecular weight excluding hydrogens is 360 g/mol. The highest BCUT2D eigenvalue weighted by Crippen LogP contribution is 2.38. The molecule has 8 heteroatoms. The van der Waals surface area contributed by atoms with Crippen LogP contribution in [0.1, 0.15) is 24.4 Å². The maximum Gasteiger partial charge on any atom is 0.328 e. The predicted octanol–water partition coefficient (Wildman–Crippen LogP) is 0.713. The molecule has 28 heavy (non-hydrogen) atoms. The zero-order valence-electron chi connectivity index (χ0n) is 15.0. The zero-order chi connectivity index (χ0) is 19.7. The smallest absolute Gasteiger partial charge is 0.328 e. The number of hydrogen-bond donors (Lipinski definition) is 3. The maximum absolute atomic E-state index is 12.6. The number of aromatic amines is 1. The molecule has 0 spiro atoms. The Morgan fingerprint density at radius 1 is 1.29 bits per heavy atom. The fraction of sp³-hybridized carbons (Fsp3) is 0.300. The van der Waals surface area contributed by atoms with Gasteiger partial charge in [-0.15, -0.1) is 0 Å². The average molecular weight is 380 g/mol. The van der Waals surface area contributed by atoms with Gasteiger partial charge in [-0.2, -0.15) is 0 Å². The Morgan fingerprint density at radius 2 is 2.07 bits per heavy atom. The Bertz CT molecular complexity index is 1130. The van der Waals surface area contributed by atoms with E-state index in [-0.39, 0.29) is 30.5 Å². The van der Waals surface area contributed by atoms with Crippen molar-refractivity contribution in [1.82, 2.24) is 19.9 Å². The van der Waals surface area contributed by atoms with Gasteiger partial charge in [-0.25, -0.2) is 4.79 Å². The van der Waals surface area contributed by atoms with Crippen molar-refractivity contribution in [3.05, 3.63) is 75.2 Å². The van der Waals surface area contributed by atoms with E-state index in [1.807, 2.05) is 30.3 Å². The van der Waals surface area contributed by atoms with Crippen LogP contribution in [0.3, 0.4) is 0 Å². The average Bonchev–Trinajstić information content (AvgIpc) is 2.66. The quantitative estimate of drug-likeness (QED) is 0.603. The molecular formula is C20H20N4O4. The van der Waals surface area contributed by atoms with Gasteiger partial charge in [0.25, 0.3) is 5.56 Å². The topological polar surface area (TPSA) is 117 Å². The lowest BCUT2D eigenvalue weighted by Crippen LogP contribution is -2.43. The van der Waals surface area contributed by atoms with Gasteiger partial charge in [0, 0.05) is 23.8 Å². The molecule has 1 saturated carbocycles. The number of aliphatic hydroxyl groups excluding tert-OH is 1. The summed E-state index contributed by atoms with van der Waals surface area (Å²) in [5.74, 6) is -0.261. The molecule has 1 aliphatic rings. The molecule has 1 amide bonds. The van der Waals surface area contributed by atoms with Crippen LogP contribution in [-0.4, -0.2) is 31.7 Å². The lowest BCUT2D eigenvalue weighted by molar-refractivity contribution is -0.123. The third-order valence-electron chi connectivity index (χ3n) is 5.12. The molecule has 0 saturated heterocycles. The SMILES string of the molecule is O=C(Cn1ccc(=O)[nH]c1=O)N[C@@H](c1cnc2ccccc2c1)C1CC(O)C1. The van der Waals surface area contributed by atoms with Gasteiger partial charge in [0.2, 0.25) is 5.91 Å². The number of carbonyl (C=O) groups is 1. The Hall–Kier alpha value is -3.26. The molecule has 0 unspecified atom stereocenters. The summed E-state index contributed by atoms with van der Waals surface area (Å²) >= 11 is 0. The number of aromatic nitrogens is 3. The molecule has 1 fully saturated rings. The Kier molecular flexibility index (Phi) is 4.79. The summed E-state index contributed by atoms with van der Waals surface area (Å²) in [5.41, 5.74) is 0.582. The maximum atomic E-state index is 12.6. The minimum atomic E-state index is -0.634. The zero-order valence-corrected chi connectivity index (χ0v) is 15.0. The summed E-state index contributed by atoms with van der Waals surface area (Å²) in [6.07, 6.45) is 3.86. The molecule has 8 nitrogen and oxygen atoms in total. The van der Waals surface area contributed by atoms with Crippen molar-refractivity contribution in [2.75, 3.05) is 0 Å². The number of aliphatic hydroxyl groups is 1. The van der Waals surface area contributed by atoms with E-state index in [9.17, 15) is 19.5 Å². The van der Waals surface area contributed by atoms with Crippen molar-refractivity contribution in [3.8, 4) is 0 Å². The minimum absolute atomic E-state index is 0.0919. The van der Waals surface area contributed by atoms with E-state index >= 15 is 0 Å². The number of fused-ring (bicyclic) bond motifs is 1. The van der Waals surface area contributed by atoms with E-state index in [0.717, 1.165) is 21.0 Å². The van der Waals surface area contributed by atoms with Crippen LogP contribution in [0.5, 0.6) is 0 Å². The molecule has 3 aromatic rings. The minimum Gasteiger partial charge on any atom is -0.393 e. The molecule has 0 bridgehead atoms. The lowest BCUT2D eigenvalue weighted by atomic mass is 9.75. The Balaban J connectivity index is 1.58. The van der Waals surface area contributed by atoms with Crippen LogP contribution in [0.2, 0.25) is 0 Å². The third kappa shape index (κ3) is 3.72. The fourth-order valence-electron chi connectivity index (χ4n) is 3.58. The van der Waals surface area contributed by atoms with Crippen molar-refractivity contribution in [3.63, 3.8) is 0 Å². The summed E-state index contributed by atoms with van der Waals surface area (Å²) in [5, 5.41) is 13.6. The number of amides is 1. The van der Waals surface area contributed by atoms with Gasteiger partial charge < -0.3 is 10.4 Å². The lowest BCUT2D eigenvalue weighted by Gasteiger charge is -2.38. The summed E-state index contributed by atoms with van der Waals surface area (Å²) < 4.78 is 1.14. The van der Waals surface area contributed by atoms with Crippen molar-refractivity contribution in [2.45, 2.75) is 31.5 Å². The molecule has 2 aromatic heterocycles. The molecule has 0 aliphatic heterocycles. The van der Waals surface area contributed by atoms with Crippen molar-refractivity contribution >= 4 is 16.8 Å². The molecule has 1 atom stereocenters. The molecule has 3 N–H and O–H groups in total. The first-order valence-corrected chi connectivity index (χ1v) is 9.11. The van der Waals surface area contributed by atoms with E-state index in [1.54, 1.807) is 6.20 Å². The van der Waals surface area contributed by atoms with Gasteiger partial charge in [-0.1, -0.05) is 18.2 Å². The number of rotatable bonds is 5. The monoisotopic (exact) mass is 380 g/mol. The van der Waals surface area contributed by atoms with Gasteiger partial charge in [0.05, 0.1) is 17.7 Å². The summed E-state index contributed by atoms with van der Waals surface area (Å²) in [6, 6.07) is 10.6. The summed E-state index contributed by atoms with van der Waals surface area (Å²) in [6.45, 7) is -0.206. The normalized spacial score (nSPS) is 19.8. The third-order valence-corrected chi connectivity index (χ3v) is 5.12. The molecule has 2 heterocycles. The Morgan fingerprint density at radius 3 is 2.82 bits per heavy atom. The highest BCUT2D eigenvalue weighted by atomic mass is 16.3. The second-order valence-electron chi connectivity index (χ2n) is 7.13. The molecule has 4 rings (SSSR count).